The first-order valence-electron chi connectivity index (χ1n) is 13.3. The Morgan fingerprint density at radius 2 is 1.83 bits per heavy atom. The van der Waals surface area contributed by atoms with E-state index in [1.807, 2.05) is 0 Å². The maximum Gasteiger partial charge on any atom is 0.229 e. The Hall–Kier alpha value is -2.81. The number of benzene rings is 3. The van der Waals surface area contributed by atoms with Crippen molar-refractivity contribution >= 4 is 28.4 Å². The van der Waals surface area contributed by atoms with E-state index in [4.69, 9.17) is 9.73 Å². The molecule has 0 amide bonds. The second-order valence-corrected chi connectivity index (χ2v) is 12.5. The maximum absolute atomic E-state index is 7.27. The quantitative estimate of drug-likeness (QED) is 0.366. The fourth-order valence-corrected chi connectivity index (χ4v) is 8.46. The number of hydrogen-bond acceptors (Lipinski definition) is 3. The van der Waals surface area contributed by atoms with Crippen molar-refractivity contribution in [3.8, 4) is 5.75 Å². The van der Waals surface area contributed by atoms with Crippen molar-refractivity contribution in [2.75, 3.05) is 4.90 Å². The molecule has 4 aliphatic rings. The van der Waals surface area contributed by atoms with Gasteiger partial charge in [0.2, 0.25) is 5.72 Å². The molecule has 7 rings (SSSR count). The minimum Gasteiger partial charge on any atom is -0.459 e. The zero-order valence-corrected chi connectivity index (χ0v) is 21.9. The van der Waals surface area contributed by atoms with Crippen molar-refractivity contribution in [3.05, 3.63) is 65.2 Å². The average molecular weight is 465 g/mol. The molecule has 2 bridgehead atoms. The van der Waals surface area contributed by atoms with Crippen LogP contribution in [0.25, 0.3) is 10.8 Å². The van der Waals surface area contributed by atoms with Gasteiger partial charge in [0.15, 0.2) is 0 Å². The van der Waals surface area contributed by atoms with Crippen LogP contribution in [0.3, 0.4) is 0 Å². The summed E-state index contributed by atoms with van der Waals surface area (Å²) in [5.74, 6) is 2.43. The Morgan fingerprint density at radius 1 is 1.03 bits per heavy atom. The highest BCUT2D eigenvalue weighted by Crippen LogP contribution is 2.65. The Kier molecular flexibility index (Phi) is 4.10. The molecule has 35 heavy (non-hydrogen) atoms. The number of aryl methyl sites for hydroxylation is 2. The first-order valence-corrected chi connectivity index (χ1v) is 13.3. The molecule has 0 N–H and O–H groups in total. The number of nitrogens with zero attached hydrogens (tertiary/aromatic N) is 2. The van der Waals surface area contributed by atoms with Crippen LogP contribution in [-0.2, 0) is 5.41 Å². The molecule has 2 aliphatic carbocycles. The molecule has 1 spiro atoms. The van der Waals surface area contributed by atoms with E-state index >= 15 is 0 Å². The highest BCUT2D eigenvalue weighted by molar-refractivity contribution is 6.00. The van der Waals surface area contributed by atoms with Crippen molar-refractivity contribution in [1.82, 2.24) is 0 Å². The summed E-state index contributed by atoms with van der Waals surface area (Å²) < 4.78 is 7.27. The lowest BCUT2D eigenvalue weighted by atomic mass is 9.73. The molecular weight excluding hydrogens is 428 g/mol. The van der Waals surface area contributed by atoms with E-state index in [2.05, 4.69) is 101 Å². The zero-order chi connectivity index (χ0) is 24.3. The minimum absolute atomic E-state index is 0.256. The van der Waals surface area contributed by atoms with Crippen LogP contribution in [0, 0.1) is 31.1 Å². The molecule has 2 heterocycles. The summed E-state index contributed by atoms with van der Waals surface area (Å²) >= 11 is 0. The number of aliphatic imine (C=N–C) groups is 1. The van der Waals surface area contributed by atoms with Gasteiger partial charge in [-0.2, -0.15) is 0 Å². The zero-order valence-electron chi connectivity index (χ0n) is 21.9. The van der Waals surface area contributed by atoms with E-state index in [9.17, 15) is 0 Å². The normalized spacial score (nSPS) is 33.9. The first-order chi connectivity index (χ1) is 16.7. The Morgan fingerprint density at radius 3 is 2.57 bits per heavy atom. The minimum atomic E-state index is -0.652. The highest BCUT2D eigenvalue weighted by Gasteiger charge is 2.67. The van der Waals surface area contributed by atoms with Gasteiger partial charge in [-0.05, 0) is 98.4 Å². The summed E-state index contributed by atoms with van der Waals surface area (Å²) in [5, 5.41) is 2.36. The third-order valence-corrected chi connectivity index (χ3v) is 10.5. The number of rotatable bonds is 1. The summed E-state index contributed by atoms with van der Waals surface area (Å²) in [6.45, 7) is 14.3. The summed E-state index contributed by atoms with van der Waals surface area (Å²) in [6, 6.07) is 18.0. The van der Waals surface area contributed by atoms with Crippen LogP contribution in [0.5, 0.6) is 5.75 Å². The molecule has 5 atom stereocenters. The van der Waals surface area contributed by atoms with Crippen LogP contribution >= 0.6 is 0 Å². The lowest BCUT2D eigenvalue weighted by Gasteiger charge is -2.52. The van der Waals surface area contributed by atoms with Crippen LogP contribution in [0.4, 0.5) is 11.4 Å². The van der Waals surface area contributed by atoms with Gasteiger partial charge >= 0.3 is 0 Å². The lowest BCUT2D eigenvalue weighted by Crippen LogP contribution is -2.66. The molecule has 2 saturated carbocycles. The number of anilines is 1. The van der Waals surface area contributed by atoms with Crippen molar-refractivity contribution in [2.45, 2.75) is 78.0 Å². The molecule has 3 nitrogen and oxygen atoms in total. The van der Waals surface area contributed by atoms with Gasteiger partial charge in [0, 0.05) is 17.1 Å². The van der Waals surface area contributed by atoms with Crippen LogP contribution in [0.1, 0.15) is 63.6 Å². The standard InChI is InChI=1S/C32H36N2O/c1-19-15-20(2)28-25(16-19)34(27-17-23-13-14-31(27,6)21(23)3)32(30(28,4)5)18-33-29-24-10-8-7-9-22(24)11-12-26(29)35-32/h7-12,15-16,18,21,23,27H,13-14,17H2,1-6H3. The molecule has 2 fully saturated rings. The van der Waals surface area contributed by atoms with Crippen molar-refractivity contribution in [1.29, 1.82) is 0 Å². The highest BCUT2D eigenvalue weighted by atomic mass is 16.5. The van der Waals surface area contributed by atoms with Gasteiger partial charge in [-0.1, -0.05) is 50.2 Å². The van der Waals surface area contributed by atoms with Crippen molar-refractivity contribution < 1.29 is 4.74 Å². The monoisotopic (exact) mass is 464 g/mol. The molecular formula is C32H36N2O. The number of hydrogen-bond donors (Lipinski definition) is 0. The lowest BCUT2D eigenvalue weighted by molar-refractivity contribution is 0.0525. The molecule has 180 valence electrons. The average Bonchev–Trinajstić information content (AvgIpc) is 3.31. The van der Waals surface area contributed by atoms with Gasteiger partial charge in [-0.3, -0.25) is 4.99 Å². The fourth-order valence-electron chi connectivity index (χ4n) is 8.46. The largest absolute Gasteiger partial charge is 0.459 e. The number of ether oxygens (including phenoxy) is 1. The summed E-state index contributed by atoms with van der Waals surface area (Å²) in [7, 11) is 0. The van der Waals surface area contributed by atoms with Gasteiger partial charge in [-0.25, -0.2) is 0 Å². The van der Waals surface area contributed by atoms with Gasteiger partial charge in [0.1, 0.15) is 11.4 Å². The second kappa shape index (κ2) is 6.69. The summed E-state index contributed by atoms with van der Waals surface area (Å²) in [5.41, 5.74) is 5.78. The predicted molar refractivity (Wildman–Crippen MR) is 145 cm³/mol. The van der Waals surface area contributed by atoms with E-state index < -0.39 is 5.72 Å². The van der Waals surface area contributed by atoms with Crippen LogP contribution in [-0.4, -0.2) is 18.0 Å². The molecule has 3 aromatic carbocycles. The van der Waals surface area contributed by atoms with Crippen molar-refractivity contribution in [2.24, 2.45) is 22.2 Å². The second-order valence-electron chi connectivity index (χ2n) is 12.5. The smallest absolute Gasteiger partial charge is 0.229 e. The molecule has 0 saturated heterocycles. The van der Waals surface area contributed by atoms with E-state index in [1.165, 1.54) is 47.0 Å². The number of fused-ring (bicyclic) bond motifs is 6. The van der Waals surface area contributed by atoms with Gasteiger partial charge in [0.05, 0.1) is 11.6 Å². The summed E-state index contributed by atoms with van der Waals surface area (Å²) in [6.07, 6.45) is 6.07. The molecule has 0 radical (unpaired) electrons. The van der Waals surface area contributed by atoms with Crippen LogP contribution in [0.15, 0.2) is 53.5 Å². The van der Waals surface area contributed by atoms with E-state index in [1.54, 1.807) is 0 Å². The third-order valence-electron chi connectivity index (χ3n) is 10.5. The molecule has 0 aromatic heterocycles. The Labute approximate surface area is 209 Å². The molecule has 5 unspecified atom stereocenters. The van der Waals surface area contributed by atoms with E-state index in [0.29, 0.717) is 6.04 Å². The Balaban J connectivity index is 1.48. The topological polar surface area (TPSA) is 24.8 Å². The maximum atomic E-state index is 7.27. The Bertz CT molecular complexity index is 1420. The van der Waals surface area contributed by atoms with Crippen molar-refractivity contribution in [3.63, 3.8) is 0 Å². The SMILES string of the molecule is Cc1cc(C)c2c(c1)N(C1CC3CCC1(C)C3C)C1(C=Nc3c(ccc4ccccc34)O1)C2(C)C. The molecule has 3 aromatic rings. The predicted octanol–water partition coefficient (Wildman–Crippen LogP) is 7.87. The summed E-state index contributed by atoms with van der Waals surface area (Å²) in [4.78, 5) is 7.92. The van der Waals surface area contributed by atoms with E-state index in [-0.39, 0.29) is 10.8 Å². The van der Waals surface area contributed by atoms with E-state index in [0.717, 1.165) is 28.7 Å². The fraction of sp³-hybridized carbons (Fsp3) is 0.469. The van der Waals surface area contributed by atoms with Crippen LogP contribution in [0.2, 0.25) is 0 Å². The van der Waals surface area contributed by atoms with Gasteiger partial charge < -0.3 is 9.64 Å². The van der Waals surface area contributed by atoms with Gasteiger partial charge in [-0.15, -0.1) is 0 Å². The first kappa shape index (κ1) is 21.5. The van der Waals surface area contributed by atoms with Crippen LogP contribution < -0.4 is 9.64 Å². The van der Waals surface area contributed by atoms with Gasteiger partial charge in [0.25, 0.3) is 0 Å². The third kappa shape index (κ3) is 2.50. The molecule has 3 heteroatoms. The molecule has 2 aliphatic heterocycles.